The molecule has 0 saturated heterocycles. The van der Waals surface area contributed by atoms with Gasteiger partial charge in [-0.2, -0.15) is 0 Å². The maximum Gasteiger partial charge on any atom is 0.258 e. The maximum absolute atomic E-state index is 12.2. The van der Waals surface area contributed by atoms with E-state index in [0.717, 1.165) is 16.0 Å². The number of para-hydroxylation sites is 1. The third-order valence-corrected chi connectivity index (χ3v) is 5.44. The van der Waals surface area contributed by atoms with Gasteiger partial charge < -0.3 is 10.3 Å². The molecule has 0 aliphatic rings. The van der Waals surface area contributed by atoms with Crippen molar-refractivity contribution in [1.29, 1.82) is 0 Å². The monoisotopic (exact) mass is 361 g/mol. The third-order valence-electron chi connectivity index (χ3n) is 3.36. The van der Waals surface area contributed by atoms with Gasteiger partial charge in [0.15, 0.2) is 4.34 Å². The van der Waals surface area contributed by atoms with E-state index in [1.165, 1.54) is 11.3 Å². The smallest absolute Gasteiger partial charge is 0.258 e. The number of nitrogens with one attached hydrogen (secondary N) is 2. The van der Waals surface area contributed by atoms with Crippen molar-refractivity contribution >= 4 is 39.1 Å². The third kappa shape index (κ3) is 3.93. The predicted octanol–water partition coefficient (Wildman–Crippen LogP) is 3.70. The zero-order chi connectivity index (χ0) is 17.1. The van der Waals surface area contributed by atoms with Gasteiger partial charge in [0.25, 0.3) is 5.56 Å². The van der Waals surface area contributed by atoms with Gasteiger partial charge >= 0.3 is 0 Å². The summed E-state index contributed by atoms with van der Waals surface area (Å²) in [5.74, 6) is 1.20. The van der Waals surface area contributed by atoms with E-state index in [9.17, 15) is 4.79 Å². The lowest BCUT2D eigenvalue weighted by Crippen LogP contribution is -2.12. The van der Waals surface area contributed by atoms with Crippen LogP contribution in [0.5, 0.6) is 0 Å². The van der Waals surface area contributed by atoms with E-state index in [-0.39, 0.29) is 10.8 Å². The first-order valence-corrected chi connectivity index (χ1v) is 9.45. The molecule has 0 amide bonds. The fourth-order valence-corrected chi connectivity index (χ4v) is 4.08. The molecule has 24 heavy (non-hydrogen) atoms. The highest BCUT2D eigenvalue weighted by atomic mass is 32.2. The molecule has 0 fully saturated rings. The van der Waals surface area contributed by atoms with Crippen molar-refractivity contribution in [3.8, 4) is 0 Å². The largest absolute Gasteiger partial charge is 0.360 e. The topological polar surface area (TPSA) is 83.6 Å². The molecule has 0 saturated carbocycles. The van der Waals surface area contributed by atoms with Crippen LogP contribution in [0.25, 0.3) is 10.9 Å². The SMILES string of the molecule is CC(C)CNc1nnc(SC(C)c2nc3ccccc3c(=O)[nH]2)s1. The van der Waals surface area contributed by atoms with Gasteiger partial charge in [0.1, 0.15) is 5.82 Å². The van der Waals surface area contributed by atoms with Crippen molar-refractivity contribution in [3.05, 3.63) is 40.4 Å². The fourth-order valence-electron chi connectivity index (χ4n) is 2.12. The molecule has 0 spiro atoms. The number of nitrogens with zero attached hydrogens (tertiary/aromatic N) is 3. The molecule has 0 bridgehead atoms. The Morgan fingerprint density at radius 2 is 2.04 bits per heavy atom. The number of thioether (sulfide) groups is 1. The summed E-state index contributed by atoms with van der Waals surface area (Å²) < 4.78 is 0.851. The second-order valence-electron chi connectivity index (χ2n) is 5.88. The van der Waals surface area contributed by atoms with Crippen LogP contribution in [0.2, 0.25) is 0 Å². The highest BCUT2D eigenvalue weighted by Crippen LogP contribution is 2.36. The minimum absolute atomic E-state index is 0.0202. The Morgan fingerprint density at radius 1 is 1.25 bits per heavy atom. The van der Waals surface area contributed by atoms with Gasteiger partial charge in [-0.15, -0.1) is 10.2 Å². The van der Waals surface area contributed by atoms with E-state index in [2.05, 4.69) is 39.3 Å². The quantitative estimate of drug-likeness (QED) is 0.651. The number of benzene rings is 1. The molecular weight excluding hydrogens is 342 g/mol. The Labute approximate surface area is 148 Å². The van der Waals surface area contributed by atoms with E-state index >= 15 is 0 Å². The van der Waals surface area contributed by atoms with Crippen LogP contribution >= 0.6 is 23.1 Å². The van der Waals surface area contributed by atoms with E-state index in [1.54, 1.807) is 17.8 Å². The lowest BCUT2D eigenvalue weighted by atomic mass is 10.2. The van der Waals surface area contributed by atoms with Crippen molar-refractivity contribution in [1.82, 2.24) is 20.2 Å². The standard InChI is InChI=1S/C16H19N5OS2/c1-9(2)8-17-15-20-21-16(24-15)23-10(3)13-18-12-7-5-4-6-11(12)14(22)19-13/h4-7,9-10H,8H2,1-3H3,(H,17,20)(H,18,19,22). The number of rotatable bonds is 6. The highest BCUT2D eigenvalue weighted by molar-refractivity contribution is 8.01. The van der Waals surface area contributed by atoms with Gasteiger partial charge in [-0.25, -0.2) is 4.98 Å². The van der Waals surface area contributed by atoms with Gasteiger partial charge in [0.05, 0.1) is 16.2 Å². The van der Waals surface area contributed by atoms with Crippen LogP contribution in [0, 0.1) is 5.92 Å². The molecule has 3 aromatic rings. The van der Waals surface area contributed by atoms with Crippen molar-refractivity contribution in [3.63, 3.8) is 0 Å². The average molecular weight is 361 g/mol. The summed E-state index contributed by atoms with van der Waals surface area (Å²) in [7, 11) is 0. The van der Waals surface area contributed by atoms with Crippen LogP contribution in [0.1, 0.15) is 31.8 Å². The molecule has 0 aliphatic heterocycles. The van der Waals surface area contributed by atoms with Crippen LogP contribution in [0.3, 0.4) is 0 Å². The second kappa shape index (κ2) is 7.31. The number of fused-ring (bicyclic) bond motifs is 1. The molecule has 6 nitrogen and oxygen atoms in total. The molecule has 2 heterocycles. The molecule has 1 atom stereocenters. The summed E-state index contributed by atoms with van der Waals surface area (Å²) >= 11 is 3.06. The second-order valence-corrected chi connectivity index (χ2v) is 8.44. The lowest BCUT2D eigenvalue weighted by molar-refractivity contribution is 0.687. The molecule has 2 N–H and O–H groups in total. The maximum atomic E-state index is 12.2. The van der Waals surface area contributed by atoms with E-state index in [0.29, 0.717) is 22.6 Å². The van der Waals surface area contributed by atoms with Crippen LogP contribution in [0.4, 0.5) is 5.13 Å². The minimum Gasteiger partial charge on any atom is -0.360 e. The van der Waals surface area contributed by atoms with Gasteiger partial charge in [0, 0.05) is 6.54 Å². The molecular formula is C16H19N5OS2. The van der Waals surface area contributed by atoms with Gasteiger partial charge in [-0.3, -0.25) is 4.79 Å². The normalized spacial score (nSPS) is 12.7. The first-order chi connectivity index (χ1) is 11.5. The molecule has 3 rings (SSSR count). The highest BCUT2D eigenvalue weighted by Gasteiger charge is 2.15. The Balaban J connectivity index is 1.75. The average Bonchev–Trinajstić information content (AvgIpc) is 3.00. The first kappa shape index (κ1) is 16.9. The van der Waals surface area contributed by atoms with Gasteiger partial charge in [-0.05, 0) is 25.0 Å². The van der Waals surface area contributed by atoms with Crippen molar-refractivity contribution in [2.24, 2.45) is 5.92 Å². The zero-order valence-electron chi connectivity index (χ0n) is 13.7. The van der Waals surface area contributed by atoms with E-state index in [4.69, 9.17) is 0 Å². The van der Waals surface area contributed by atoms with Crippen LogP contribution in [-0.2, 0) is 0 Å². The van der Waals surface area contributed by atoms with Gasteiger partial charge in [-0.1, -0.05) is 49.1 Å². The molecule has 0 aliphatic carbocycles. The van der Waals surface area contributed by atoms with Crippen molar-refractivity contribution in [2.75, 3.05) is 11.9 Å². The summed E-state index contributed by atoms with van der Waals surface area (Å²) in [6, 6.07) is 7.35. The Bertz CT molecular complexity index is 889. The molecule has 8 heteroatoms. The zero-order valence-corrected chi connectivity index (χ0v) is 15.4. The van der Waals surface area contributed by atoms with E-state index < -0.39 is 0 Å². The van der Waals surface area contributed by atoms with Crippen molar-refractivity contribution < 1.29 is 0 Å². The summed E-state index contributed by atoms with van der Waals surface area (Å²) in [5.41, 5.74) is 0.597. The van der Waals surface area contributed by atoms with Gasteiger partial charge in [0.2, 0.25) is 5.13 Å². The minimum atomic E-state index is -0.111. The number of anilines is 1. The predicted molar refractivity (Wildman–Crippen MR) is 99.9 cm³/mol. The Morgan fingerprint density at radius 3 is 2.83 bits per heavy atom. The summed E-state index contributed by atoms with van der Waals surface area (Å²) in [6.07, 6.45) is 0. The summed E-state index contributed by atoms with van der Waals surface area (Å²) in [6.45, 7) is 7.16. The number of hydrogen-bond acceptors (Lipinski definition) is 7. The fraction of sp³-hybridized carbons (Fsp3) is 0.375. The number of aromatic amines is 1. The Hall–Kier alpha value is -1.93. The number of hydrogen-bond donors (Lipinski definition) is 2. The molecule has 2 aromatic heterocycles. The van der Waals surface area contributed by atoms with Crippen LogP contribution < -0.4 is 10.9 Å². The Kier molecular flexibility index (Phi) is 5.15. The number of aromatic nitrogens is 4. The van der Waals surface area contributed by atoms with Crippen LogP contribution in [-0.4, -0.2) is 26.7 Å². The molecule has 126 valence electrons. The molecule has 1 unspecified atom stereocenters. The summed E-state index contributed by atoms with van der Waals surface area (Å²) in [4.78, 5) is 19.6. The molecule has 1 aromatic carbocycles. The first-order valence-electron chi connectivity index (χ1n) is 7.76. The summed E-state index contributed by atoms with van der Waals surface area (Å²) in [5, 5.41) is 13.0. The van der Waals surface area contributed by atoms with E-state index in [1.807, 2.05) is 25.1 Å². The van der Waals surface area contributed by atoms with Crippen molar-refractivity contribution in [2.45, 2.75) is 30.4 Å². The lowest BCUT2D eigenvalue weighted by Gasteiger charge is -2.09. The number of H-pyrrole nitrogens is 1. The molecule has 0 radical (unpaired) electrons. The van der Waals surface area contributed by atoms with Crippen LogP contribution in [0.15, 0.2) is 33.4 Å².